The maximum absolute atomic E-state index is 12.8. The van der Waals surface area contributed by atoms with Gasteiger partial charge in [-0.15, -0.1) is 0 Å². The summed E-state index contributed by atoms with van der Waals surface area (Å²) in [4.78, 5) is 34.3. The van der Waals surface area contributed by atoms with Crippen molar-refractivity contribution in [2.24, 2.45) is 0 Å². The zero-order valence-electron chi connectivity index (χ0n) is 19.4. The molecule has 0 aliphatic rings. The van der Waals surface area contributed by atoms with Gasteiger partial charge < -0.3 is 14.9 Å². The van der Waals surface area contributed by atoms with E-state index in [1.54, 1.807) is 24.9 Å². The summed E-state index contributed by atoms with van der Waals surface area (Å²) in [5.74, 6) is -0.126. The van der Waals surface area contributed by atoms with Gasteiger partial charge in [-0.3, -0.25) is 4.79 Å². The molecule has 0 bridgehead atoms. The molecule has 0 aliphatic heterocycles. The highest BCUT2D eigenvalue weighted by Crippen LogP contribution is 2.32. The standard InChI is InChI=1S/C28H23N7O/c36-28(30-11-4-13-35-14-12-29-18-35)21-8-10-23-25(16-21)34-26(19-5-2-1-3-6-19)27(33-23)20-7-9-22-24(15-20)32-17-31-22/h1-3,5-10,12,14-18H,4,11,13H2,(H,30,36)(H,31,32). The molecule has 0 atom stereocenters. The third-order valence-electron chi connectivity index (χ3n) is 6.11. The van der Waals surface area contributed by atoms with Crippen LogP contribution in [0.1, 0.15) is 16.8 Å². The van der Waals surface area contributed by atoms with E-state index in [4.69, 9.17) is 9.97 Å². The van der Waals surface area contributed by atoms with Crippen molar-refractivity contribution in [2.75, 3.05) is 6.54 Å². The largest absolute Gasteiger partial charge is 0.352 e. The highest BCUT2D eigenvalue weighted by atomic mass is 16.1. The van der Waals surface area contributed by atoms with Gasteiger partial charge in [0.25, 0.3) is 5.91 Å². The summed E-state index contributed by atoms with van der Waals surface area (Å²) in [5.41, 5.74) is 7.24. The van der Waals surface area contributed by atoms with Gasteiger partial charge in [0.15, 0.2) is 0 Å². The topological polar surface area (TPSA) is 101 Å². The SMILES string of the molecule is O=C(NCCCn1ccnc1)c1ccc2nc(-c3ccc4nc[nH]c4c3)c(-c3ccccc3)nc2c1. The van der Waals surface area contributed by atoms with Crippen molar-refractivity contribution < 1.29 is 4.79 Å². The van der Waals surface area contributed by atoms with Gasteiger partial charge >= 0.3 is 0 Å². The molecular formula is C28H23N7O. The second-order valence-corrected chi connectivity index (χ2v) is 8.53. The quantitative estimate of drug-likeness (QED) is 0.323. The maximum atomic E-state index is 12.8. The van der Waals surface area contributed by atoms with Crippen LogP contribution in [-0.2, 0) is 6.54 Å². The number of aromatic nitrogens is 6. The molecule has 0 saturated heterocycles. The Balaban J connectivity index is 1.33. The Morgan fingerprint density at radius 3 is 2.58 bits per heavy atom. The number of hydrogen-bond acceptors (Lipinski definition) is 5. The molecule has 0 spiro atoms. The lowest BCUT2D eigenvalue weighted by Crippen LogP contribution is -2.25. The van der Waals surface area contributed by atoms with Crippen LogP contribution < -0.4 is 5.32 Å². The Morgan fingerprint density at radius 2 is 1.72 bits per heavy atom. The maximum Gasteiger partial charge on any atom is 0.251 e. The summed E-state index contributed by atoms with van der Waals surface area (Å²) in [5, 5.41) is 2.99. The average Bonchev–Trinajstić information content (AvgIpc) is 3.62. The molecule has 3 aromatic heterocycles. The van der Waals surface area contributed by atoms with E-state index in [9.17, 15) is 4.79 Å². The molecule has 176 valence electrons. The molecule has 0 fully saturated rings. The third kappa shape index (κ3) is 4.32. The highest BCUT2D eigenvalue weighted by Gasteiger charge is 2.15. The average molecular weight is 474 g/mol. The highest BCUT2D eigenvalue weighted by molar-refractivity contribution is 5.98. The number of hydrogen-bond donors (Lipinski definition) is 2. The van der Waals surface area contributed by atoms with Gasteiger partial charge in [-0.05, 0) is 36.8 Å². The number of benzene rings is 3. The van der Waals surface area contributed by atoms with E-state index in [1.165, 1.54) is 0 Å². The number of carbonyl (C=O) groups excluding carboxylic acids is 1. The number of amides is 1. The second-order valence-electron chi connectivity index (χ2n) is 8.53. The summed E-state index contributed by atoms with van der Waals surface area (Å²) >= 11 is 0. The first-order valence-corrected chi connectivity index (χ1v) is 11.8. The first-order chi connectivity index (χ1) is 17.7. The van der Waals surface area contributed by atoms with Crippen LogP contribution in [0.25, 0.3) is 44.6 Å². The van der Waals surface area contributed by atoms with Crippen molar-refractivity contribution >= 4 is 28.0 Å². The van der Waals surface area contributed by atoms with Crippen molar-refractivity contribution in [3.8, 4) is 22.5 Å². The zero-order chi connectivity index (χ0) is 24.3. The molecule has 0 saturated carbocycles. The number of H-pyrrole nitrogens is 1. The summed E-state index contributed by atoms with van der Waals surface area (Å²) in [7, 11) is 0. The molecule has 6 aromatic rings. The molecule has 8 heteroatoms. The molecule has 0 radical (unpaired) electrons. The van der Waals surface area contributed by atoms with E-state index < -0.39 is 0 Å². The molecule has 0 aliphatic carbocycles. The monoisotopic (exact) mass is 473 g/mol. The van der Waals surface area contributed by atoms with Gasteiger partial charge in [0.05, 0.1) is 46.1 Å². The van der Waals surface area contributed by atoms with Gasteiger partial charge in [0.2, 0.25) is 0 Å². The van der Waals surface area contributed by atoms with Gasteiger partial charge in [-0.1, -0.05) is 36.4 Å². The number of carbonyl (C=O) groups is 1. The molecule has 6 rings (SSSR count). The molecular weight excluding hydrogens is 450 g/mol. The van der Waals surface area contributed by atoms with E-state index in [0.717, 1.165) is 52.0 Å². The summed E-state index contributed by atoms with van der Waals surface area (Å²) in [6, 6.07) is 21.5. The summed E-state index contributed by atoms with van der Waals surface area (Å²) in [6.45, 7) is 1.38. The number of rotatable bonds is 7. The lowest BCUT2D eigenvalue weighted by molar-refractivity contribution is 0.0953. The Labute approximate surface area is 207 Å². The molecule has 1 amide bonds. The minimum atomic E-state index is -0.126. The predicted octanol–water partition coefficient (Wildman–Crippen LogP) is 4.86. The van der Waals surface area contributed by atoms with Crippen molar-refractivity contribution in [3.63, 3.8) is 0 Å². The lowest BCUT2D eigenvalue weighted by atomic mass is 10.0. The van der Waals surface area contributed by atoms with E-state index in [0.29, 0.717) is 17.6 Å². The molecule has 3 aromatic carbocycles. The smallest absolute Gasteiger partial charge is 0.251 e. The molecule has 0 unspecified atom stereocenters. The lowest BCUT2D eigenvalue weighted by Gasteiger charge is -2.12. The van der Waals surface area contributed by atoms with Crippen LogP contribution in [-0.4, -0.2) is 41.9 Å². The van der Waals surface area contributed by atoms with Gasteiger partial charge in [0.1, 0.15) is 0 Å². The van der Waals surface area contributed by atoms with E-state index in [2.05, 4.69) is 20.3 Å². The second kappa shape index (κ2) is 9.42. The zero-order valence-corrected chi connectivity index (χ0v) is 19.4. The molecule has 2 N–H and O–H groups in total. The van der Waals surface area contributed by atoms with E-state index >= 15 is 0 Å². The number of aromatic amines is 1. The van der Waals surface area contributed by atoms with Gasteiger partial charge in [0, 0.05) is 42.2 Å². The molecule has 3 heterocycles. The fourth-order valence-corrected chi connectivity index (χ4v) is 4.26. The van der Waals surface area contributed by atoms with Crippen LogP contribution in [0.5, 0.6) is 0 Å². The Kier molecular flexibility index (Phi) is 5.67. The minimum absolute atomic E-state index is 0.126. The van der Waals surface area contributed by atoms with Crippen LogP contribution >= 0.6 is 0 Å². The van der Waals surface area contributed by atoms with Crippen molar-refractivity contribution in [2.45, 2.75) is 13.0 Å². The number of fused-ring (bicyclic) bond motifs is 2. The fraction of sp³-hybridized carbons (Fsp3) is 0.107. The molecule has 8 nitrogen and oxygen atoms in total. The van der Waals surface area contributed by atoms with Crippen LogP contribution in [0, 0.1) is 0 Å². The fourth-order valence-electron chi connectivity index (χ4n) is 4.26. The number of nitrogens with zero attached hydrogens (tertiary/aromatic N) is 5. The summed E-state index contributed by atoms with van der Waals surface area (Å²) < 4.78 is 1.99. The van der Waals surface area contributed by atoms with Crippen molar-refractivity contribution in [1.29, 1.82) is 0 Å². The first kappa shape index (κ1) is 21.7. The van der Waals surface area contributed by atoms with Gasteiger partial charge in [-0.25, -0.2) is 19.9 Å². The van der Waals surface area contributed by atoms with Crippen LogP contribution in [0.3, 0.4) is 0 Å². The first-order valence-electron chi connectivity index (χ1n) is 11.8. The predicted molar refractivity (Wildman–Crippen MR) is 139 cm³/mol. The van der Waals surface area contributed by atoms with E-state index in [1.807, 2.05) is 71.4 Å². The van der Waals surface area contributed by atoms with E-state index in [-0.39, 0.29) is 5.91 Å². The Hall–Kier alpha value is -4.85. The molecule has 36 heavy (non-hydrogen) atoms. The van der Waals surface area contributed by atoms with Crippen molar-refractivity contribution in [3.05, 3.63) is 97.3 Å². The van der Waals surface area contributed by atoms with Crippen molar-refractivity contribution in [1.82, 2.24) is 34.8 Å². The Morgan fingerprint density at radius 1 is 0.889 bits per heavy atom. The number of aryl methyl sites for hydroxylation is 1. The summed E-state index contributed by atoms with van der Waals surface area (Å²) in [6.07, 6.45) is 7.94. The number of imidazole rings is 2. The van der Waals surface area contributed by atoms with Gasteiger partial charge in [-0.2, -0.15) is 0 Å². The van der Waals surface area contributed by atoms with Crippen LogP contribution in [0.15, 0.2) is 91.8 Å². The minimum Gasteiger partial charge on any atom is -0.352 e. The van der Waals surface area contributed by atoms with Crippen LogP contribution in [0.4, 0.5) is 0 Å². The van der Waals surface area contributed by atoms with Crippen LogP contribution in [0.2, 0.25) is 0 Å². The Bertz CT molecular complexity index is 1660. The number of nitrogens with one attached hydrogen (secondary N) is 2. The third-order valence-corrected chi connectivity index (χ3v) is 6.11. The normalized spacial score (nSPS) is 11.2.